The van der Waals surface area contributed by atoms with Gasteiger partial charge in [-0.2, -0.15) is 0 Å². The third-order valence-corrected chi connectivity index (χ3v) is 5.81. The van der Waals surface area contributed by atoms with Gasteiger partial charge in [0.1, 0.15) is 5.84 Å². The van der Waals surface area contributed by atoms with Gasteiger partial charge in [-0.25, -0.2) is 0 Å². The van der Waals surface area contributed by atoms with Gasteiger partial charge in [0.25, 0.3) is 0 Å². The molecule has 1 saturated carbocycles. The Labute approximate surface area is 151 Å². The van der Waals surface area contributed by atoms with E-state index < -0.39 is 0 Å². The highest BCUT2D eigenvalue weighted by molar-refractivity contribution is 6.02. The molecule has 0 amide bonds. The minimum Gasteiger partial charge on any atom is -0.343 e. The van der Waals surface area contributed by atoms with Gasteiger partial charge in [0.15, 0.2) is 0 Å². The van der Waals surface area contributed by atoms with Crippen molar-refractivity contribution in [3.8, 4) is 0 Å². The minimum atomic E-state index is 0.228. The first kappa shape index (κ1) is 16.4. The number of hydrogen-bond donors (Lipinski definition) is 1. The van der Waals surface area contributed by atoms with Crippen LogP contribution in [0, 0.1) is 19.3 Å². The van der Waals surface area contributed by atoms with Crippen LogP contribution in [0.25, 0.3) is 0 Å². The summed E-state index contributed by atoms with van der Waals surface area (Å²) in [4.78, 5) is 5.12. The lowest BCUT2D eigenvalue weighted by Gasteiger charge is -2.42. The van der Waals surface area contributed by atoms with Crippen molar-refractivity contribution in [2.45, 2.75) is 58.9 Å². The lowest BCUT2D eigenvalue weighted by atomic mass is 9.67. The summed E-state index contributed by atoms with van der Waals surface area (Å²) < 4.78 is 0. The van der Waals surface area contributed by atoms with Crippen LogP contribution in [-0.4, -0.2) is 5.84 Å². The lowest BCUT2D eigenvalue weighted by Crippen LogP contribution is -2.43. The Morgan fingerprint density at radius 3 is 2.44 bits per heavy atom. The average Bonchev–Trinajstić information content (AvgIpc) is 2.60. The number of benzene rings is 2. The van der Waals surface area contributed by atoms with E-state index in [2.05, 4.69) is 61.6 Å². The van der Waals surface area contributed by atoms with Crippen molar-refractivity contribution in [3.05, 3.63) is 64.7 Å². The van der Waals surface area contributed by atoms with Crippen LogP contribution in [0.1, 0.15) is 54.4 Å². The van der Waals surface area contributed by atoms with Crippen LogP contribution < -0.4 is 5.32 Å². The summed E-state index contributed by atoms with van der Waals surface area (Å²) in [6.07, 6.45) is 7.69. The molecule has 2 nitrogen and oxygen atoms in total. The highest BCUT2D eigenvalue weighted by Crippen LogP contribution is 2.45. The highest BCUT2D eigenvalue weighted by Gasteiger charge is 2.40. The zero-order valence-corrected chi connectivity index (χ0v) is 15.4. The third-order valence-electron chi connectivity index (χ3n) is 5.81. The smallest absolute Gasteiger partial charge is 0.108 e. The molecule has 1 aliphatic heterocycles. The maximum Gasteiger partial charge on any atom is 0.108 e. The van der Waals surface area contributed by atoms with Crippen molar-refractivity contribution in [2.75, 3.05) is 5.32 Å². The van der Waals surface area contributed by atoms with Crippen molar-refractivity contribution < 1.29 is 0 Å². The standard InChI is InChI=1S/C23H28N2/c1-17-12-18(2)14-19(13-17)16-24-22-23(10-6-3-7-11-23)15-20-8-4-5-9-21(20)25-22/h4-5,8-9,12-14H,3,6-7,10-11,15-16H2,1-2H3,(H,24,25). The van der Waals surface area contributed by atoms with E-state index in [1.807, 2.05) is 0 Å². The molecule has 1 heterocycles. The van der Waals surface area contributed by atoms with E-state index in [4.69, 9.17) is 4.99 Å². The van der Waals surface area contributed by atoms with Crippen LogP contribution >= 0.6 is 0 Å². The summed E-state index contributed by atoms with van der Waals surface area (Å²) in [7, 11) is 0. The summed E-state index contributed by atoms with van der Waals surface area (Å²) in [5, 5.41) is 3.71. The number of rotatable bonds is 2. The van der Waals surface area contributed by atoms with Gasteiger partial charge in [0, 0.05) is 11.1 Å². The van der Waals surface area contributed by atoms with Crippen LogP contribution in [0.3, 0.4) is 0 Å². The van der Waals surface area contributed by atoms with Crippen LogP contribution in [0.2, 0.25) is 0 Å². The molecule has 0 radical (unpaired) electrons. The molecule has 2 aliphatic rings. The van der Waals surface area contributed by atoms with Crippen molar-refractivity contribution in [2.24, 2.45) is 10.4 Å². The van der Waals surface area contributed by atoms with E-state index in [-0.39, 0.29) is 5.41 Å². The second kappa shape index (κ2) is 6.67. The molecule has 2 heteroatoms. The number of aryl methyl sites for hydroxylation is 2. The maximum absolute atomic E-state index is 5.12. The number of amidine groups is 1. The first-order valence-electron chi connectivity index (χ1n) is 9.62. The molecule has 0 atom stereocenters. The van der Waals surface area contributed by atoms with Gasteiger partial charge >= 0.3 is 0 Å². The largest absolute Gasteiger partial charge is 0.343 e. The topological polar surface area (TPSA) is 24.4 Å². The predicted octanol–water partition coefficient (Wildman–Crippen LogP) is 5.82. The normalized spacial score (nSPS) is 20.3. The van der Waals surface area contributed by atoms with E-state index in [9.17, 15) is 0 Å². The molecule has 2 aromatic rings. The summed E-state index contributed by atoms with van der Waals surface area (Å²) >= 11 is 0. The summed E-state index contributed by atoms with van der Waals surface area (Å²) in [6, 6.07) is 15.5. The lowest BCUT2D eigenvalue weighted by molar-refractivity contribution is 0.278. The van der Waals surface area contributed by atoms with Gasteiger partial charge in [-0.15, -0.1) is 0 Å². The molecule has 1 N–H and O–H groups in total. The molecule has 130 valence electrons. The van der Waals surface area contributed by atoms with Gasteiger partial charge < -0.3 is 5.32 Å². The number of nitrogens with zero attached hydrogens (tertiary/aromatic N) is 1. The van der Waals surface area contributed by atoms with Crippen molar-refractivity contribution in [3.63, 3.8) is 0 Å². The maximum atomic E-state index is 5.12. The van der Waals surface area contributed by atoms with Gasteiger partial charge in [0.2, 0.25) is 0 Å². The van der Waals surface area contributed by atoms with Crippen LogP contribution in [0.5, 0.6) is 0 Å². The molecule has 4 rings (SSSR count). The van der Waals surface area contributed by atoms with Gasteiger partial charge in [-0.1, -0.05) is 66.8 Å². The summed E-state index contributed by atoms with van der Waals surface area (Å²) in [5.74, 6) is 1.23. The fourth-order valence-electron chi connectivity index (χ4n) is 4.68. The van der Waals surface area contributed by atoms with Gasteiger partial charge in [-0.05, 0) is 50.3 Å². The molecule has 0 unspecified atom stereocenters. The first-order chi connectivity index (χ1) is 12.1. The van der Waals surface area contributed by atoms with E-state index >= 15 is 0 Å². The highest BCUT2D eigenvalue weighted by atomic mass is 15.0. The van der Waals surface area contributed by atoms with Crippen molar-refractivity contribution in [1.82, 2.24) is 0 Å². The second-order valence-electron chi connectivity index (χ2n) is 7.96. The molecule has 1 aliphatic carbocycles. The SMILES string of the molecule is Cc1cc(C)cc(CN=C2Nc3ccccc3CC23CCCCC3)c1. The number of nitrogens with one attached hydrogen (secondary N) is 1. The second-order valence-corrected chi connectivity index (χ2v) is 7.96. The number of fused-ring (bicyclic) bond motifs is 1. The average molecular weight is 332 g/mol. The Hall–Kier alpha value is -2.09. The molecular formula is C23H28N2. The number of anilines is 1. The van der Waals surface area contributed by atoms with E-state index in [1.54, 1.807) is 0 Å². The Morgan fingerprint density at radius 2 is 1.68 bits per heavy atom. The molecule has 0 bridgehead atoms. The number of hydrogen-bond acceptors (Lipinski definition) is 1. The molecule has 25 heavy (non-hydrogen) atoms. The molecular weight excluding hydrogens is 304 g/mol. The quantitative estimate of drug-likeness (QED) is 0.736. The third kappa shape index (κ3) is 3.35. The first-order valence-corrected chi connectivity index (χ1v) is 9.62. The Bertz CT molecular complexity index is 777. The zero-order valence-electron chi connectivity index (χ0n) is 15.4. The summed E-state index contributed by atoms with van der Waals surface area (Å²) in [6.45, 7) is 5.11. The number of aliphatic imine (C=N–C) groups is 1. The van der Waals surface area contributed by atoms with Crippen molar-refractivity contribution >= 4 is 11.5 Å². The fourth-order valence-corrected chi connectivity index (χ4v) is 4.68. The van der Waals surface area contributed by atoms with Crippen LogP contribution in [-0.2, 0) is 13.0 Å². The number of para-hydroxylation sites is 1. The van der Waals surface area contributed by atoms with E-state index in [0.29, 0.717) is 0 Å². The fraction of sp³-hybridized carbons (Fsp3) is 0.435. The molecule has 0 saturated heterocycles. The Morgan fingerprint density at radius 1 is 0.960 bits per heavy atom. The summed E-state index contributed by atoms with van der Waals surface area (Å²) in [5.41, 5.74) is 6.89. The molecule has 2 aromatic carbocycles. The van der Waals surface area contributed by atoms with E-state index in [1.165, 1.54) is 65.9 Å². The predicted molar refractivity (Wildman–Crippen MR) is 106 cm³/mol. The molecule has 1 fully saturated rings. The van der Waals surface area contributed by atoms with Gasteiger partial charge in [0.05, 0.1) is 6.54 Å². The van der Waals surface area contributed by atoms with E-state index in [0.717, 1.165) is 13.0 Å². The van der Waals surface area contributed by atoms with Crippen LogP contribution in [0.15, 0.2) is 47.5 Å². The Kier molecular flexibility index (Phi) is 4.37. The monoisotopic (exact) mass is 332 g/mol. The van der Waals surface area contributed by atoms with Crippen LogP contribution in [0.4, 0.5) is 5.69 Å². The zero-order chi connectivity index (χ0) is 17.3. The Balaban J connectivity index is 1.67. The molecule has 1 spiro atoms. The van der Waals surface area contributed by atoms with Gasteiger partial charge in [-0.3, -0.25) is 4.99 Å². The van der Waals surface area contributed by atoms with Crippen molar-refractivity contribution in [1.29, 1.82) is 0 Å². The molecule has 0 aromatic heterocycles. The minimum absolute atomic E-state index is 0.228.